The van der Waals surface area contributed by atoms with Gasteiger partial charge in [-0.05, 0) is 101 Å². The van der Waals surface area contributed by atoms with Crippen LogP contribution in [0.1, 0.15) is 94.4 Å². The number of ether oxygens (including phenoxy) is 1. The largest absolute Gasteiger partial charge is 0.508 e. The Morgan fingerprint density at radius 2 is 1.51 bits per heavy atom. The molecule has 1 saturated carbocycles. The molecule has 1 aliphatic carbocycles. The Bertz CT molecular complexity index is 1150. The third-order valence-electron chi connectivity index (χ3n) is 8.71. The lowest BCUT2D eigenvalue weighted by molar-refractivity contribution is 0.170. The minimum absolute atomic E-state index is 0.136. The second kappa shape index (κ2) is 16.0. The Morgan fingerprint density at radius 1 is 0.829 bits per heavy atom. The molecule has 0 aromatic heterocycles. The highest BCUT2D eigenvalue weighted by atomic mass is 16.5. The summed E-state index contributed by atoms with van der Waals surface area (Å²) >= 11 is 0. The monoisotopic (exact) mass is 556 g/mol. The van der Waals surface area contributed by atoms with Gasteiger partial charge in [-0.1, -0.05) is 73.9 Å². The van der Waals surface area contributed by atoms with Crippen molar-refractivity contribution in [2.24, 2.45) is 0 Å². The van der Waals surface area contributed by atoms with Crippen LogP contribution in [0.25, 0.3) is 0 Å². The van der Waals surface area contributed by atoms with Crippen molar-refractivity contribution in [1.82, 2.24) is 10.2 Å². The first-order chi connectivity index (χ1) is 19.9. The summed E-state index contributed by atoms with van der Waals surface area (Å²) in [5.74, 6) is 1.42. The Hall–Kier alpha value is -2.82. The van der Waals surface area contributed by atoms with Crippen molar-refractivity contribution in [3.05, 3.63) is 95.1 Å². The lowest BCUT2D eigenvalue weighted by Gasteiger charge is -2.32. The molecule has 0 saturated heterocycles. The van der Waals surface area contributed by atoms with E-state index in [1.165, 1.54) is 48.8 Å². The van der Waals surface area contributed by atoms with Crippen LogP contribution in [0.15, 0.2) is 72.8 Å². The summed E-state index contributed by atoms with van der Waals surface area (Å²) in [5.41, 5.74) is 4.79. The van der Waals surface area contributed by atoms with Gasteiger partial charge in [0.1, 0.15) is 11.5 Å². The van der Waals surface area contributed by atoms with Crippen LogP contribution in [0, 0.1) is 0 Å². The minimum Gasteiger partial charge on any atom is -0.508 e. The molecule has 1 unspecified atom stereocenters. The SMILES string of the molecule is CC(C)N(CCC(c1ccccc1)c1cc(CCOc2ccc(CCNC3CCCCC3)cc2)ccc1O)C(C)C. The van der Waals surface area contributed by atoms with E-state index in [2.05, 4.69) is 98.6 Å². The van der Waals surface area contributed by atoms with Gasteiger partial charge in [-0.15, -0.1) is 0 Å². The van der Waals surface area contributed by atoms with Crippen LogP contribution in [0.2, 0.25) is 0 Å². The van der Waals surface area contributed by atoms with Crippen LogP contribution < -0.4 is 10.1 Å². The fraction of sp³-hybridized carbons (Fsp3) is 0.514. The summed E-state index contributed by atoms with van der Waals surface area (Å²) in [5, 5.41) is 14.7. The molecule has 3 aromatic rings. The first-order valence-corrected chi connectivity index (χ1v) is 16.0. The van der Waals surface area contributed by atoms with E-state index >= 15 is 0 Å². The van der Waals surface area contributed by atoms with Crippen molar-refractivity contribution in [2.45, 2.75) is 103 Å². The van der Waals surface area contributed by atoms with E-state index in [1.54, 1.807) is 0 Å². The summed E-state index contributed by atoms with van der Waals surface area (Å²) < 4.78 is 6.13. The normalized spacial score (nSPS) is 15.1. The van der Waals surface area contributed by atoms with Gasteiger partial charge < -0.3 is 15.2 Å². The quantitative estimate of drug-likeness (QED) is 0.198. The smallest absolute Gasteiger partial charge is 0.119 e. The number of hydrogen-bond donors (Lipinski definition) is 2. The highest BCUT2D eigenvalue weighted by Crippen LogP contribution is 2.35. The van der Waals surface area contributed by atoms with E-state index in [9.17, 15) is 5.11 Å². The fourth-order valence-corrected chi connectivity index (χ4v) is 6.38. The molecule has 1 aliphatic rings. The van der Waals surface area contributed by atoms with Crippen molar-refractivity contribution in [1.29, 1.82) is 0 Å². The first-order valence-electron chi connectivity index (χ1n) is 16.0. The molecule has 0 bridgehead atoms. The van der Waals surface area contributed by atoms with Crippen molar-refractivity contribution in [3.8, 4) is 11.5 Å². The number of nitrogens with one attached hydrogen (secondary N) is 1. The maximum Gasteiger partial charge on any atom is 0.119 e. The van der Waals surface area contributed by atoms with Crippen molar-refractivity contribution in [2.75, 3.05) is 19.7 Å². The molecule has 3 aromatic carbocycles. The molecule has 41 heavy (non-hydrogen) atoms. The number of aromatic hydroxyl groups is 1. The molecule has 4 heteroatoms. The van der Waals surface area contributed by atoms with Gasteiger partial charge in [0.25, 0.3) is 0 Å². The van der Waals surface area contributed by atoms with E-state index in [-0.39, 0.29) is 5.92 Å². The average molecular weight is 557 g/mol. The van der Waals surface area contributed by atoms with Gasteiger partial charge >= 0.3 is 0 Å². The molecular weight excluding hydrogens is 504 g/mol. The summed E-state index contributed by atoms with van der Waals surface area (Å²) in [4.78, 5) is 2.53. The fourth-order valence-electron chi connectivity index (χ4n) is 6.38. The summed E-state index contributed by atoms with van der Waals surface area (Å²) in [6, 6.07) is 27.0. The highest BCUT2D eigenvalue weighted by molar-refractivity contribution is 5.44. The number of phenols is 1. The van der Waals surface area contributed by atoms with Gasteiger partial charge in [0.05, 0.1) is 6.61 Å². The molecule has 4 rings (SSSR count). The average Bonchev–Trinajstić information content (AvgIpc) is 2.98. The Morgan fingerprint density at radius 3 is 2.20 bits per heavy atom. The van der Waals surface area contributed by atoms with Crippen LogP contribution in [-0.4, -0.2) is 47.8 Å². The standard InChI is InChI=1S/C37H52N2O2/c1-28(2)39(29(3)4)25-22-35(32-11-7-5-8-12-32)36-27-31(17-20-37(36)40)23-26-41-34-18-15-30(16-19-34)21-24-38-33-13-9-6-10-14-33/h5,7-8,11-12,15-20,27-29,33,35,38,40H,6,9-10,13-14,21-26H2,1-4H3. The van der Waals surface area contributed by atoms with E-state index in [0.29, 0.717) is 30.5 Å². The predicted octanol–water partition coefficient (Wildman–Crippen LogP) is 8.12. The lowest BCUT2D eigenvalue weighted by atomic mass is 9.86. The second-order valence-corrected chi connectivity index (χ2v) is 12.4. The van der Waals surface area contributed by atoms with Gasteiger partial charge in [0.2, 0.25) is 0 Å². The third kappa shape index (κ3) is 9.61. The zero-order valence-corrected chi connectivity index (χ0v) is 25.8. The second-order valence-electron chi connectivity index (χ2n) is 12.4. The molecule has 4 nitrogen and oxygen atoms in total. The topological polar surface area (TPSA) is 44.7 Å². The zero-order valence-electron chi connectivity index (χ0n) is 25.8. The Labute approximate surface area is 249 Å². The van der Waals surface area contributed by atoms with E-state index in [1.807, 2.05) is 12.1 Å². The Kier molecular flexibility index (Phi) is 12.1. The first kappa shape index (κ1) is 31.1. The molecule has 0 amide bonds. The number of hydrogen-bond acceptors (Lipinski definition) is 4. The summed E-state index contributed by atoms with van der Waals surface area (Å²) in [7, 11) is 0. The predicted molar refractivity (Wildman–Crippen MR) is 172 cm³/mol. The lowest BCUT2D eigenvalue weighted by Crippen LogP contribution is -2.38. The van der Waals surface area contributed by atoms with Crippen LogP contribution >= 0.6 is 0 Å². The molecule has 0 spiro atoms. The Balaban J connectivity index is 1.34. The maximum atomic E-state index is 11.0. The van der Waals surface area contributed by atoms with Gasteiger partial charge in [-0.3, -0.25) is 4.90 Å². The van der Waals surface area contributed by atoms with Crippen molar-refractivity contribution < 1.29 is 9.84 Å². The van der Waals surface area contributed by atoms with Crippen LogP contribution in [0.5, 0.6) is 11.5 Å². The van der Waals surface area contributed by atoms with E-state index in [4.69, 9.17) is 4.74 Å². The minimum atomic E-state index is 0.136. The van der Waals surface area contributed by atoms with Gasteiger partial charge in [-0.2, -0.15) is 0 Å². The number of nitrogens with zero attached hydrogens (tertiary/aromatic N) is 1. The molecule has 1 atom stereocenters. The highest BCUT2D eigenvalue weighted by Gasteiger charge is 2.22. The molecule has 0 radical (unpaired) electrons. The van der Waals surface area contributed by atoms with E-state index in [0.717, 1.165) is 43.7 Å². The number of rotatable bonds is 15. The molecule has 0 aliphatic heterocycles. The number of benzene rings is 3. The maximum absolute atomic E-state index is 11.0. The summed E-state index contributed by atoms with van der Waals surface area (Å²) in [6.07, 6.45) is 9.62. The third-order valence-corrected chi connectivity index (χ3v) is 8.71. The van der Waals surface area contributed by atoms with Gasteiger partial charge in [0.15, 0.2) is 0 Å². The van der Waals surface area contributed by atoms with E-state index < -0.39 is 0 Å². The molecule has 222 valence electrons. The van der Waals surface area contributed by atoms with Crippen LogP contribution in [0.3, 0.4) is 0 Å². The van der Waals surface area contributed by atoms with Crippen molar-refractivity contribution in [3.63, 3.8) is 0 Å². The van der Waals surface area contributed by atoms with Crippen LogP contribution in [0.4, 0.5) is 0 Å². The zero-order chi connectivity index (χ0) is 29.0. The molecule has 1 fully saturated rings. The van der Waals surface area contributed by atoms with Gasteiger partial charge in [0, 0.05) is 36.0 Å². The number of phenolic OH excluding ortho intramolecular Hbond substituents is 1. The molecule has 2 N–H and O–H groups in total. The molecule has 0 heterocycles. The van der Waals surface area contributed by atoms with Gasteiger partial charge in [-0.25, -0.2) is 0 Å². The molecular formula is C37H52N2O2. The van der Waals surface area contributed by atoms with Crippen molar-refractivity contribution >= 4 is 0 Å². The summed E-state index contributed by atoms with van der Waals surface area (Å²) in [6.45, 7) is 11.7. The van der Waals surface area contributed by atoms with Crippen LogP contribution in [-0.2, 0) is 12.8 Å².